The van der Waals surface area contributed by atoms with Gasteiger partial charge in [0.2, 0.25) is 0 Å². The van der Waals surface area contributed by atoms with E-state index in [0.717, 1.165) is 33.4 Å². The SMILES string of the molecule is COC(=O)C1=[13CH]C=C(C)[13C]2=C(C)C=C(C)C=C(C)C2=C1C(=O)OC. The molecule has 0 N–H and O–H groups in total. The molecule has 2 aliphatic rings. The molecule has 0 saturated carbocycles. The van der Waals surface area contributed by atoms with E-state index in [0.29, 0.717) is 0 Å². The molecule has 0 saturated heterocycles. The fraction of sp³-hybridized carbons (Fsp3) is 0.300. The van der Waals surface area contributed by atoms with E-state index in [4.69, 9.17) is 9.47 Å². The average Bonchev–Trinajstić information content (AvgIpc) is 2.75. The topological polar surface area (TPSA) is 52.6 Å². The van der Waals surface area contributed by atoms with Crippen LogP contribution in [0, 0.1) is 0 Å². The number of rotatable bonds is 2. The van der Waals surface area contributed by atoms with Gasteiger partial charge in [0.15, 0.2) is 0 Å². The van der Waals surface area contributed by atoms with Gasteiger partial charge in [-0.15, -0.1) is 0 Å². The fourth-order valence-electron chi connectivity index (χ4n) is 3.20. The van der Waals surface area contributed by atoms with Crippen LogP contribution in [0.2, 0.25) is 0 Å². The summed E-state index contributed by atoms with van der Waals surface area (Å²) in [6.07, 6.45) is 7.53. The van der Waals surface area contributed by atoms with Crippen LogP contribution in [0.25, 0.3) is 0 Å². The van der Waals surface area contributed by atoms with Gasteiger partial charge in [0, 0.05) is 5.57 Å². The molecule has 24 heavy (non-hydrogen) atoms. The molecule has 4 heteroatoms. The molecule has 4 nitrogen and oxygen atoms in total. The summed E-state index contributed by atoms with van der Waals surface area (Å²) in [4.78, 5) is 24.8. The van der Waals surface area contributed by atoms with Crippen molar-refractivity contribution in [3.05, 3.63) is 68.9 Å². The Bertz CT molecular complexity index is 795. The van der Waals surface area contributed by atoms with Gasteiger partial charge in [-0.2, -0.15) is 0 Å². The normalized spacial score (nSPS) is 17.8. The number of carbonyl (C=O) groups is 2. The van der Waals surface area contributed by atoms with Gasteiger partial charge in [-0.1, -0.05) is 23.8 Å². The van der Waals surface area contributed by atoms with E-state index in [9.17, 15) is 9.59 Å². The number of allylic oxidation sites excluding steroid dienone is 10. The van der Waals surface area contributed by atoms with Crippen molar-refractivity contribution in [1.29, 1.82) is 0 Å². The maximum absolute atomic E-state index is 12.5. The molecule has 0 aromatic carbocycles. The van der Waals surface area contributed by atoms with Gasteiger partial charge >= 0.3 is 11.9 Å². The largest absolute Gasteiger partial charge is 0.465 e. The minimum absolute atomic E-state index is 0.203. The van der Waals surface area contributed by atoms with Crippen LogP contribution in [0.1, 0.15) is 27.7 Å². The van der Waals surface area contributed by atoms with Crippen molar-refractivity contribution in [3.63, 3.8) is 0 Å². The molecule has 0 aromatic heterocycles. The highest BCUT2D eigenvalue weighted by molar-refractivity contribution is 6.09. The van der Waals surface area contributed by atoms with Crippen molar-refractivity contribution >= 4 is 11.9 Å². The molecule has 0 aromatic rings. The van der Waals surface area contributed by atoms with Gasteiger partial charge in [0.25, 0.3) is 0 Å². The molecule has 0 radical (unpaired) electrons. The number of hydrogen-bond donors (Lipinski definition) is 0. The quantitative estimate of drug-likeness (QED) is 0.572. The molecule has 126 valence electrons. The first-order chi connectivity index (χ1) is 11.3. The maximum Gasteiger partial charge on any atom is 0.339 e. The number of esters is 2. The second-order valence-corrected chi connectivity index (χ2v) is 5.94. The first-order valence-electron chi connectivity index (χ1n) is 7.70. The third-order valence-corrected chi connectivity index (χ3v) is 4.14. The number of ether oxygens (including phenoxy) is 2. The molecule has 0 atom stereocenters. The summed E-state index contributed by atoms with van der Waals surface area (Å²) in [5, 5.41) is 0. The number of fused-ring (bicyclic) bond motifs is 1. The minimum Gasteiger partial charge on any atom is -0.465 e. The smallest absolute Gasteiger partial charge is 0.339 e. The van der Waals surface area contributed by atoms with E-state index < -0.39 is 11.9 Å². The molecule has 0 heterocycles. The van der Waals surface area contributed by atoms with Crippen molar-refractivity contribution in [3.8, 4) is 0 Å². The molecular formula is C20H22O4. The highest BCUT2D eigenvalue weighted by atomic mass is 16.5. The van der Waals surface area contributed by atoms with Crippen LogP contribution in [0.4, 0.5) is 0 Å². The molecule has 0 aliphatic heterocycles. The second-order valence-electron chi connectivity index (χ2n) is 5.94. The molecular weight excluding hydrogens is 306 g/mol. The Kier molecular flexibility index (Phi) is 5.07. The molecule has 0 spiro atoms. The van der Waals surface area contributed by atoms with E-state index in [-0.39, 0.29) is 11.1 Å². The maximum atomic E-state index is 12.5. The van der Waals surface area contributed by atoms with Crippen molar-refractivity contribution < 1.29 is 19.1 Å². The Labute approximate surface area is 142 Å². The predicted octanol–water partition coefficient (Wildman–Crippen LogP) is 3.74. The standard InChI is InChI=1S/C20H22O4/c1-11-9-13(3)16-12(2)7-8-15(19(21)23-5)18(20(22)24-6)17(16)14(4)10-11/h7-10H,1-6H3/i8+1,16+1. The highest BCUT2D eigenvalue weighted by Gasteiger charge is 2.31. The lowest BCUT2D eigenvalue weighted by Gasteiger charge is -2.18. The van der Waals surface area contributed by atoms with Gasteiger partial charge in [-0.3, -0.25) is 0 Å². The molecule has 0 fully saturated rings. The molecule has 0 bridgehead atoms. The van der Waals surface area contributed by atoms with E-state index in [1.54, 1.807) is 6.08 Å². The summed E-state index contributed by atoms with van der Waals surface area (Å²) in [7, 11) is 2.61. The zero-order chi connectivity index (χ0) is 18.0. The summed E-state index contributed by atoms with van der Waals surface area (Å²) in [5.74, 6) is -1.12. The van der Waals surface area contributed by atoms with E-state index in [2.05, 4.69) is 6.08 Å². The van der Waals surface area contributed by atoms with Gasteiger partial charge in [-0.25, -0.2) is 9.59 Å². The van der Waals surface area contributed by atoms with Crippen molar-refractivity contribution in [1.82, 2.24) is 0 Å². The number of hydrogen-bond acceptors (Lipinski definition) is 4. The summed E-state index contributed by atoms with van der Waals surface area (Å²) in [6.45, 7) is 7.90. The van der Waals surface area contributed by atoms with Gasteiger partial charge in [0.05, 0.1) is 25.4 Å². The molecule has 0 unspecified atom stereocenters. The van der Waals surface area contributed by atoms with Crippen LogP contribution in [0.5, 0.6) is 0 Å². The lowest BCUT2D eigenvalue weighted by atomic mass is 9.98. The number of methoxy groups -OCH3 is 2. The summed E-state index contributed by atoms with van der Waals surface area (Å²) >= 11 is 0. The Hall–Kier alpha value is -2.62. The van der Waals surface area contributed by atoms with Crippen molar-refractivity contribution in [2.75, 3.05) is 14.2 Å². The molecule has 2 rings (SSSR count). The van der Waals surface area contributed by atoms with Gasteiger partial charge < -0.3 is 9.47 Å². The monoisotopic (exact) mass is 328 g/mol. The van der Waals surface area contributed by atoms with E-state index in [1.165, 1.54) is 14.2 Å². The van der Waals surface area contributed by atoms with Crippen LogP contribution in [0.15, 0.2) is 68.9 Å². The third-order valence-electron chi connectivity index (χ3n) is 4.14. The van der Waals surface area contributed by atoms with Crippen molar-refractivity contribution in [2.45, 2.75) is 27.7 Å². The van der Waals surface area contributed by atoms with Gasteiger partial charge in [0.1, 0.15) is 0 Å². The summed E-state index contributed by atoms with van der Waals surface area (Å²) in [5.41, 5.74) is 6.09. The third kappa shape index (κ3) is 3.04. The van der Waals surface area contributed by atoms with E-state index in [1.807, 2.05) is 39.8 Å². The first kappa shape index (κ1) is 17.7. The Morgan fingerprint density at radius 3 is 2.00 bits per heavy atom. The van der Waals surface area contributed by atoms with Crippen LogP contribution < -0.4 is 0 Å². The van der Waals surface area contributed by atoms with Crippen LogP contribution in [0.3, 0.4) is 0 Å². The highest BCUT2D eigenvalue weighted by Crippen LogP contribution is 2.39. The lowest BCUT2D eigenvalue weighted by molar-refractivity contribution is -0.139. The summed E-state index contributed by atoms with van der Waals surface area (Å²) < 4.78 is 9.84. The minimum atomic E-state index is -0.562. The van der Waals surface area contributed by atoms with Crippen LogP contribution >= 0.6 is 0 Å². The van der Waals surface area contributed by atoms with E-state index >= 15 is 0 Å². The second kappa shape index (κ2) is 6.87. The number of carbonyl (C=O) groups excluding carboxylic acids is 2. The Morgan fingerprint density at radius 1 is 0.792 bits per heavy atom. The summed E-state index contributed by atoms with van der Waals surface area (Å²) in [6, 6.07) is 0. The Morgan fingerprint density at radius 2 is 1.42 bits per heavy atom. The lowest BCUT2D eigenvalue weighted by Crippen LogP contribution is -2.18. The van der Waals surface area contributed by atoms with Crippen LogP contribution in [-0.4, -0.2) is 26.2 Å². The zero-order valence-electron chi connectivity index (χ0n) is 14.9. The van der Waals surface area contributed by atoms with Crippen LogP contribution in [-0.2, 0) is 19.1 Å². The average molecular weight is 328 g/mol. The first-order valence-corrected chi connectivity index (χ1v) is 7.70. The van der Waals surface area contributed by atoms with Gasteiger partial charge in [-0.05, 0) is 56.1 Å². The predicted molar refractivity (Wildman–Crippen MR) is 93.1 cm³/mol. The van der Waals surface area contributed by atoms with Crippen molar-refractivity contribution in [2.24, 2.45) is 0 Å². The Balaban J connectivity index is 2.96. The fourth-order valence-corrected chi connectivity index (χ4v) is 3.20. The molecule has 2 aliphatic carbocycles. The molecule has 0 amide bonds. The zero-order valence-corrected chi connectivity index (χ0v) is 14.9.